The molecule has 0 bridgehead atoms. The number of hydrogen-bond acceptors (Lipinski definition) is 3. The predicted octanol–water partition coefficient (Wildman–Crippen LogP) is 4.14. The van der Waals surface area contributed by atoms with E-state index >= 15 is 0 Å². The van der Waals surface area contributed by atoms with Crippen molar-refractivity contribution in [1.82, 2.24) is 9.55 Å². The summed E-state index contributed by atoms with van der Waals surface area (Å²) in [6.45, 7) is 4.00. The summed E-state index contributed by atoms with van der Waals surface area (Å²) in [6.07, 6.45) is 3.70. The summed E-state index contributed by atoms with van der Waals surface area (Å²) < 4.78 is 7.46. The zero-order valence-corrected chi connectivity index (χ0v) is 13.5. The van der Waals surface area contributed by atoms with Crippen LogP contribution in [0.4, 0.5) is 5.69 Å². The van der Waals surface area contributed by atoms with Gasteiger partial charge in [-0.2, -0.15) is 0 Å². The second-order valence-electron chi connectivity index (χ2n) is 5.32. The summed E-state index contributed by atoms with van der Waals surface area (Å²) in [5.74, 6) is 2.47. The summed E-state index contributed by atoms with van der Waals surface area (Å²) in [6, 6.07) is 16.1. The van der Waals surface area contributed by atoms with E-state index < -0.39 is 0 Å². The van der Waals surface area contributed by atoms with Gasteiger partial charge in [-0.3, -0.25) is 4.57 Å². The fraction of sp³-hybridized carbons (Fsp3) is 0.158. The number of rotatable bonds is 3. The van der Waals surface area contributed by atoms with Crippen LogP contribution in [0.2, 0.25) is 0 Å². The van der Waals surface area contributed by atoms with E-state index in [4.69, 9.17) is 9.73 Å². The number of aromatic nitrogens is 2. The summed E-state index contributed by atoms with van der Waals surface area (Å²) in [4.78, 5) is 9.17. The highest BCUT2D eigenvalue weighted by Gasteiger charge is 2.11. The molecule has 2 aromatic carbocycles. The van der Waals surface area contributed by atoms with E-state index in [-0.39, 0.29) is 0 Å². The molecule has 1 aromatic heterocycles. The molecule has 0 saturated heterocycles. The van der Waals surface area contributed by atoms with Gasteiger partial charge in [-0.15, -0.1) is 0 Å². The van der Waals surface area contributed by atoms with Gasteiger partial charge in [0.1, 0.15) is 23.1 Å². The van der Waals surface area contributed by atoms with Crippen molar-refractivity contribution >= 4 is 11.5 Å². The Bertz CT molecular complexity index is 835. The molecule has 0 amide bonds. The standard InChI is InChI=1S/C19H19N3O/c1-14-9-10-17(18(13-14)23-3)21-19(16-7-5-4-6-8-16)22-12-11-20-15(22)2/h4-13H,1-3H3. The molecule has 0 aliphatic rings. The molecule has 0 N–H and O–H groups in total. The van der Waals surface area contributed by atoms with Crippen LogP contribution < -0.4 is 4.74 Å². The molecule has 3 aromatic rings. The molecule has 0 spiro atoms. The maximum atomic E-state index is 5.48. The lowest BCUT2D eigenvalue weighted by atomic mass is 10.2. The van der Waals surface area contributed by atoms with Gasteiger partial charge in [0.2, 0.25) is 0 Å². The van der Waals surface area contributed by atoms with E-state index in [1.165, 1.54) is 0 Å². The van der Waals surface area contributed by atoms with Crippen LogP contribution in [0.25, 0.3) is 0 Å². The van der Waals surface area contributed by atoms with Crippen molar-refractivity contribution in [3.05, 3.63) is 77.9 Å². The number of ether oxygens (including phenoxy) is 1. The van der Waals surface area contributed by atoms with Gasteiger partial charge in [-0.25, -0.2) is 9.98 Å². The third kappa shape index (κ3) is 3.16. The fourth-order valence-corrected chi connectivity index (χ4v) is 2.44. The van der Waals surface area contributed by atoms with E-state index in [9.17, 15) is 0 Å². The fourth-order valence-electron chi connectivity index (χ4n) is 2.44. The van der Waals surface area contributed by atoms with E-state index in [0.29, 0.717) is 0 Å². The quantitative estimate of drug-likeness (QED) is 0.539. The van der Waals surface area contributed by atoms with Crippen molar-refractivity contribution in [3.8, 4) is 5.75 Å². The SMILES string of the molecule is COc1cc(C)ccc1N=C(c1ccccc1)n1ccnc1C. The van der Waals surface area contributed by atoms with Crippen molar-refractivity contribution < 1.29 is 4.74 Å². The van der Waals surface area contributed by atoms with Gasteiger partial charge < -0.3 is 4.74 Å². The second kappa shape index (κ2) is 6.48. The third-order valence-electron chi connectivity index (χ3n) is 3.65. The molecule has 0 aliphatic heterocycles. The van der Waals surface area contributed by atoms with Crippen molar-refractivity contribution in [1.29, 1.82) is 0 Å². The van der Waals surface area contributed by atoms with Crippen molar-refractivity contribution in [2.75, 3.05) is 7.11 Å². The number of benzene rings is 2. The Balaban J connectivity index is 2.18. The Labute approximate surface area is 136 Å². The van der Waals surface area contributed by atoms with Crippen molar-refractivity contribution in [2.24, 2.45) is 4.99 Å². The summed E-state index contributed by atoms with van der Waals surface area (Å²) >= 11 is 0. The molecular weight excluding hydrogens is 286 g/mol. The van der Waals surface area contributed by atoms with Gasteiger partial charge in [0.05, 0.1) is 7.11 Å². The second-order valence-corrected chi connectivity index (χ2v) is 5.32. The van der Waals surface area contributed by atoms with Crippen LogP contribution in [0.5, 0.6) is 5.75 Å². The van der Waals surface area contributed by atoms with Crippen LogP contribution in [0.1, 0.15) is 17.0 Å². The van der Waals surface area contributed by atoms with Crippen molar-refractivity contribution in [2.45, 2.75) is 13.8 Å². The molecule has 0 saturated carbocycles. The molecule has 0 unspecified atom stereocenters. The lowest BCUT2D eigenvalue weighted by molar-refractivity contribution is 0.416. The maximum absolute atomic E-state index is 5.48. The molecule has 1 heterocycles. The summed E-state index contributed by atoms with van der Waals surface area (Å²) in [7, 11) is 1.67. The van der Waals surface area contributed by atoms with E-state index in [0.717, 1.165) is 34.2 Å². The monoisotopic (exact) mass is 305 g/mol. The summed E-state index contributed by atoms with van der Waals surface area (Å²) in [5.41, 5.74) is 2.96. The first-order valence-electron chi connectivity index (χ1n) is 7.48. The first-order chi connectivity index (χ1) is 11.2. The highest BCUT2D eigenvalue weighted by molar-refractivity contribution is 6.02. The van der Waals surface area contributed by atoms with Gasteiger partial charge in [0, 0.05) is 18.0 Å². The topological polar surface area (TPSA) is 39.4 Å². The van der Waals surface area contributed by atoms with Gasteiger partial charge in [0.25, 0.3) is 0 Å². The van der Waals surface area contributed by atoms with Gasteiger partial charge >= 0.3 is 0 Å². The average molecular weight is 305 g/mol. The lowest BCUT2D eigenvalue weighted by Gasteiger charge is -2.12. The zero-order valence-electron chi connectivity index (χ0n) is 13.5. The minimum atomic E-state index is 0.760. The van der Waals surface area contributed by atoms with Gasteiger partial charge in [-0.1, -0.05) is 36.4 Å². The molecule has 3 rings (SSSR count). The Morgan fingerprint density at radius 3 is 2.52 bits per heavy atom. The van der Waals surface area contributed by atoms with Crippen LogP contribution in [0.3, 0.4) is 0 Å². The molecule has 116 valence electrons. The highest BCUT2D eigenvalue weighted by Crippen LogP contribution is 2.29. The first kappa shape index (κ1) is 15.0. The molecule has 0 atom stereocenters. The minimum Gasteiger partial charge on any atom is -0.494 e. The van der Waals surface area contributed by atoms with Crippen LogP contribution in [0, 0.1) is 13.8 Å². The predicted molar refractivity (Wildman–Crippen MR) is 92.7 cm³/mol. The Morgan fingerprint density at radius 1 is 1.09 bits per heavy atom. The highest BCUT2D eigenvalue weighted by atomic mass is 16.5. The number of aryl methyl sites for hydroxylation is 2. The smallest absolute Gasteiger partial charge is 0.146 e. The largest absolute Gasteiger partial charge is 0.494 e. The average Bonchev–Trinajstić information content (AvgIpc) is 3.00. The molecule has 0 fully saturated rings. The van der Waals surface area contributed by atoms with E-state index in [1.54, 1.807) is 13.3 Å². The Hall–Kier alpha value is -2.88. The molecule has 0 radical (unpaired) electrons. The molecule has 4 nitrogen and oxygen atoms in total. The Morgan fingerprint density at radius 2 is 1.87 bits per heavy atom. The zero-order chi connectivity index (χ0) is 16.2. The Kier molecular flexibility index (Phi) is 4.24. The maximum Gasteiger partial charge on any atom is 0.146 e. The van der Waals surface area contributed by atoms with Crippen molar-refractivity contribution in [3.63, 3.8) is 0 Å². The molecule has 0 aliphatic carbocycles. The first-order valence-corrected chi connectivity index (χ1v) is 7.48. The number of imidazole rings is 1. The molecule has 4 heteroatoms. The summed E-state index contributed by atoms with van der Waals surface area (Å²) in [5, 5.41) is 0. The van der Waals surface area contributed by atoms with E-state index in [2.05, 4.69) is 4.98 Å². The van der Waals surface area contributed by atoms with Crippen LogP contribution >= 0.6 is 0 Å². The molecule has 23 heavy (non-hydrogen) atoms. The van der Waals surface area contributed by atoms with Gasteiger partial charge in [0.15, 0.2) is 0 Å². The normalized spacial score (nSPS) is 11.5. The minimum absolute atomic E-state index is 0.760. The third-order valence-corrected chi connectivity index (χ3v) is 3.65. The number of nitrogens with zero attached hydrogens (tertiary/aromatic N) is 3. The lowest BCUT2D eigenvalue weighted by Crippen LogP contribution is -2.14. The molecular formula is C19H19N3O. The van der Waals surface area contributed by atoms with Crippen LogP contribution in [-0.4, -0.2) is 22.5 Å². The van der Waals surface area contributed by atoms with E-state index in [1.807, 2.05) is 73.1 Å². The number of aliphatic imine (C=N–C) groups is 1. The number of methoxy groups -OCH3 is 1. The number of hydrogen-bond donors (Lipinski definition) is 0. The van der Waals surface area contributed by atoms with Crippen LogP contribution in [0.15, 0.2) is 65.9 Å². The van der Waals surface area contributed by atoms with Crippen LogP contribution in [-0.2, 0) is 0 Å². The van der Waals surface area contributed by atoms with Gasteiger partial charge in [-0.05, 0) is 31.5 Å².